The third kappa shape index (κ3) is 6.06. The number of thioether (sulfide) groups is 1. The molecule has 0 saturated heterocycles. The normalized spacial score (nSPS) is 10.6. The van der Waals surface area contributed by atoms with E-state index >= 15 is 0 Å². The van der Waals surface area contributed by atoms with Crippen LogP contribution in [-0.4, -0.2) is 10.9 Å². The van der Waals surface area contributed by atoms with Crippen molar-refractivity contribution in [2.24, 2.45) is 0 Å². The van der Waals surface area contributed by atoms with E-state index in [4.69, 9.17) is 5.11 Å². The largest absolute Gasteiger partial charge is 0.508 e. The molecule has 0 spiro atoms. The number of hydrogen-bond acceptors (Lipinski definition) is 2. The minimum Gasteiger partial charge on any atom is -0.508 e. The highest BCUT2D eigenvalue weighted by atomic mass is 32.2. The van der Waals surface area contributed by atoms with Crippen molar-refractivity contribution in [3.05, 3.63) is 29.8 Å². The van der Waals surface area contributed by atoms with Gasteiger partial charge in [0.25, 0.3) is 0 Å². The zero-order valence-electron chi connectivity index (χ0n) is 10.1. The fourth-order valence-electron chi connectivity index (χ4n) is 1.59. The Kier molecular flexibility index (Phi) is 7.15. The summed E-state index contributed by atoms with van der Waals surface area (Å²) in [5.74, 6) is 2.67. The molecule has 1 nitrogen and oxygen atoms in total. The molecule has 0 amide bonds. The summed E-state index contributed by atoms with van der Waals surface area (Å²) in [5, 5.41) is 9.14. The predicted molar refractivity (Wildman–Crippen MR) is 73.0 cm³/mol. The van der Waals surface area contributed by atoms with Gasteiger partial charge in [0.05, 0.1) is 0 Å². The molecule has 0 aliphatic heterocycles. The van der Waals surface area contributed by atoms with Crippen molar-refractivity contribution in [2.75, 3.05) is 5.75 Å². The van der Waals surface area contributed by atoms with Crippen molar-refractivity contribution < 1.29 is 5.11 Å². The smallest absolute Gasteiger partial charge is 0.115 e. The Bertz CT molecular complexity index is 269. The molecule has 0 aliphatic carbocycles. The fourth-order valence-corrected chi connectivity index (χ4v) is 2.57. The first-order chi connectivity index (χ1) is 7.83. The molecule has 0 aliphatic rings. The maximum Gasteiger partial charge on any atom is 0.115 e. The molecule has 0 saturated carbocycles. The first-order valence-corrected chi connectivity index (χ1v) is 7.34. The molecule has 1 N–H and O–H groups in total. The first-order valence-electron chi connectivity index (χ1n) is 6.18. The predicted octanol–water partition coefficient (Wildman–Crippen LogP) is 4.60. The molecule has 16 heavy (non-hydrogen) atoms. The molecular formula is C14H22OS. The lowest BCUT2D eigenvalue weighted by Crippen LogP contribution is -1.84. The van der Waals surface area contributed by atoms with E-state index in [0.29, 0.717) is 5.75 Å². The van der Waals surface area contributed by atoms with Crippen LogP contribution >= 0.6 is 11.8 Å². The van der Waals surface area contributed by atoms with Crippen molar-refractivity contribution in [3.8, 4) is 5.75 Å². The van der Waals surface area contributed by atoms with Crippen LogP contribution in [0.1, 0.15) is 44.6 Å². The van der Waals surface area contributed by atoms with E-state index in [-0.39, 0.29) is 0 Å². The molecule has 0 unspecified atom stereocenters. The lowest BCUT2D eigenvalue weighted by atomic mass is 10.2. The molecule has 1 aromatic rings. The second-order valence-electron chi connectivity index (χ2n) is 4.13. The van der Waals surface area contributed by atoms with Crippen molar-refractivity contribution in [2.45, 2.75) is 44.8 Å². The van der Waals surface area contributed by atoms with Gasteiger partial charge in [0.2, 0.25) is 0 Å². The van der Waals surface area contributed by atoms with Crippen molar-refractivity contribution in [3.63, 3.8) is 0 Å². The van der Waals surface area contributed by atoms with Crippen LogP contribution < -0.4 is 0 Å². The zero-order chi connectivity index (χ0) is 11.6. The molecule has 0 heterocycles. The van der Waals surface area contributed by atoms with E-state index in [1.54, 1.807) is 12.1 Å². The summed E-state index contributed by atoms with van der Waals surface area (Å²) in [4.78, 5) is 0. The average molecular weight is 238 g/mol. The van der Waals surface area contributed by atoms with Gasteiger partial charge in [-0.1, -0.05) is 44.7 Å². The summed E-state index contributed by atoms with van der Waals surface area (Å²) in [7, 11) is 0. The topological polar surface area (TPSA) is 20.2 Å². The van der Waals surface area contributed by atoms with Crippen LogP contribution in [0.25, 0.3) is 0 Å². The van der Waals surface area contributed by atoms with Gasteiger partial charge in [0.1, 0.15) is 5.75 Å². The number of phenols is 1. The van der Waals surface area contributed by atoms with Crippen LogP contribution in [0.3, 0.4) is 0 Å². The summed E-state index contributed by atoms with van der Waals surface area (Å²) in [6.45, 7) is 2.25. The van der Waals surface area contributed by atoms with Crippen LogP contribution in [0, 0.1) is 0 Å². The van der Waals surface area contributed by atoms with Gasteiger partial charge in [-0.3, -0.25) is 0 Å². The number of unbranched alkanes of at least 4 members (excludes halogenated alkanes) is 4. The van der Waals surface area contributed by atoms with E-state index in [1.807, 2.05) is 23.9 Å². The van der Waals surface area contributed by atoms with E-state index < -0.39 is 0 Å². The molecular weight excluding hydrogens is 216 g/mol. The maximum atomic E-state index is 9.14. The van der Waals surface area contributed by atoms with Crippen LogP contribution in [0.5, 0.6) is 5.75 Å². The second kappa shape index (κ2) is 8.51. The monoisotopic (exact) mass is 238 g/mol. The Morgan fingerprint density at radius 1 is 1.00 bits per heavy atom. The lowest BCUT2D eigenvalue weighted by Gasteiger charge is -2.02. The van der Waals surface area contributed by atoms with Gasteiger partial charge in [0, 0.05) is 5.75 Å². The maximum absolute atomic E-state index is 9.14. The number of hydrogen-bond donors (Lipinski definition) is 1. The zero-order valence-corrected chi connectivity index (χ0v) is 10.9. The molecule has 0 aromatic heterocycles. The highest BCUT2D eigenvalue weighted by molar-refractivity contribution is 7.98. The third-order valence-electron chi connectivity index (χ3n) is 2.60. The van der Waals surface area contributed by atoms with Gasteiger partial charge in [-0.25, -0.2) is 0 Å². The van der Waals surface area contributed by atoms with Crippen LogP contribution in [0.4, 0.5) is 0 Å². The molecule has 1 rings (SSSR count). The molecule has 0 fully saturated rings. The van der Waals surface area contributed by atoms with Gasteiger partial charge in [0.15, 0.2) is 0 Å². The Labute approximate surface area is 103 Å². The average Bonchev–Trinajstić information content (AvgIpc) is 2.30. The minimum atomic E-state index is 0.355. The summed E-state index contributed by atoms with van der Waals surface area (Å²) in [6, 6.07) is 7.52. The Hall–Kier alpha value is -0.630. The highest BCUT2D eigenvalue weighted by Gasteiger charge is 1.94. The minimum absolute atomic E-state index is 0.355. The molecule has 90 valence electrons. The number of benzene rings is 1. The Morgan fingerprint density at radius 2 is 1.69 bits per heavy atom. The van der Waals surface area contributed by atoms with Crippen LogP contribution in [-0.2, 0) is 5.75 Å². The number of phenolic OH excluding ortho intramolecular Hbond substituents is 1. The van der Waals surface area contributed by atoms with Crippen molar-refractivity contribution in [1.82, 2.24) is 0 Å². The van der Waals surface area contributed by atoms with Gasteiger partial charge in [-0.15, -0.1) is 0 Å². The van der Waals surface area contributed by atoms with Gasteiger partial charge < -0.3 is 5.11 Å². The van der Waals surface area contributed by atoms with E-state index in [0.717, 1.165) is 5.75 Å². The van der Waals surface area contributed by atoms with E-state index in [9.17, 15) is 0 Å². The molecule has 0 atom stereocenters. The summed E-state index contributed by atoms with van der Waals surface area (Å²) >= 11 is 1.99. The third-order valence-corrected chi connectivity index (χ3v) is 3.71. The second-order valence-corrected chi connectivity index (χ2v) is 5.24. The van der Waals surface area contributed by atoms with E-state index in [1.165, 1.54) is 43.4 Å². The first kappa shape index (κ1) is 13.4. The van der Waals surface area contributed by atoms with E-state index in [2.05, 4.69) is 6.92 Å². The molecule has 0 bridgehead atoms. The SMILES string of the molecule is CCCCCCCSCc1ccc(O)cc1. The molecule has 0 radical (unpaired) electrons. The van der Waals surface area contributed by atoms with Crippen LogP contribution in [0.2, 0.25) is 0 Å². The fraction of sp³-hybridized carbons (Fsp3) is 0.571. The Morgan fingerprint density at radius 3 is 2.38 bits per heavy atom. The van der Waals surface area contributed by atoms with Crippen molar-refractivity contribution in [1.29, 1.82) is 0 Å². The van der Waals surface area contributed by atoms with Gasteiger partial charge >= 0.3 is 0 Å². The highest BCUT2D eigenvalue weighted by Crippen LogP contribution is 2.17. The number of aromatic hydroxyl groups is 1. The molecule has 1 aromatic carbocycles. The van der Waals surface area contributed by atoms with Crippen LogP contribution in [0.15, 0.2) is 24.3 Å². The molecule has 2 heteroatoms. The van der Waals surface area contributed by atoms with Crippen molar-refractivity contribution >= 4 is 11.8 Å². The lowest BCUT2D eigenvalue weighted by molar-refractivity contribution is 0.475. The van der Waals surface area contributed by atoms with Gasteiger partial charge in [-0.05, 0) is 29.9 Å². The standard InChI is InChI=1S/C14H22OS/c1-2-3-4-5-6-11-16-12-13-7-9-14(15)10-8-13/h7-10,15H,2-6,11-12H2,1H3. The quantitative estimate of drug-likeness (QED) is 0.668. The summed E-state index contributed by atoms with van der Waals surface area (Å²) in [6.07, 6.45) is 6.79. The van der Waals surface area contributed by atoms with Gasteiger partial charge in [-0.2, -0.15) is 11.8 Å². The number of rotatable bonds is 8. The summed E-state index contributed by atoms with van der Waals surface area (Å²) < 4.78 is 0. The summed E-state index contributed by atoms with van der Waals surface area (Å²) in [5.41, 5.74) is 1.30. The Balaban J connectivity index is 2.01.